The van der Waals surface area contributed by atoms with Gasteiger partial charge in [-0.05, 0) is 31.0 Å². The Labute approximate surface area is 135 Å². The van der Waals surface area contributed by atoms with Crippen molar-refractivity contribution >= 4 is 29.1 Å². The Morgan fingerprint density at radius 2 is 1.67 bits per heavy atom. The third-order valence-corrected chi connectivity index (χ3v) is 3.83. The Kier molecular flexibility index (Phi) is 5.27. The molecule has 1 N–H and O–H groups in total. The SMILES string of the molecule is CC(C)NC(=O)C(Cl)c1ccc(-c2ccccc2Cl)cc1. The first-order valence-corrected chi connectivity index (χ1v) is 7.60. The molecule has 0 aromatic heterocycles. The van der Waals surface area contributed by atoms with Gasteiger partial charge in [-0.15, -0.1) is 11.6 Å². The van der Waals surface area contributed by atoms with Gasteiger partial charge in [0.25, 0.3) is 0 Å². The molecule has 0 aliphatic carbocycles. The van der Waals surface area contributed by atoms with Crippen molar-refractivity contribution in [2.45, 2.75) is 25.3 Å². The predicted octanol–water partition coefficient (Wildman–Crippen LogP) is 4.81. The highest BCUT2D eigenvalue weighted by molar-refractivity contribution is 6.33. The largest absolute Gasteiger partial charge is 0.352 e. The summed E-state index contributed by atoms with van der Waals surface area (Å²) in [5.74, 6) is -0.183. The summed E-state index contributed by atoms with van der Waals surface area (Å²) in [5, 5.41) is 2.82. The zero-order valence-corrected chi connectivity index (χ0v) is 13.4. The minimum atomic E-state index is -0.687. The fourth-order valence-electron chi connectivity index (χ4n) is 2.04. The van der Waals surface area contributed by atoms with E-state index in [2.05, 4.69) is 5.32 Å². The van der Waals surface area contributed by atoms with Crippen LogP contribution in [0.4, 0.5) is 0 Å². The Morgan fingerprint density at radius 3 is 2.24 bits per heavy atom. The highest BCUT2D eigenvalue weighted by atomic mass is 35.5. The normalized spacial score (nSPS) is 12.2. The summed E-state index contributed by atoms with van der Waals surface area (Å²) in [6.45, 7) is 3.81. The molecule has 2 aromatic rings. The van der Waals surface area contributed by atoms with Crippen LogP contribution in [0.25, 0.3) is 11.1 Å². The van der Waals surface area contributed by atoms with E-state index in [1.807, 2.05) is 62.4 Å². The lowest BCUT2D eigenvalue weighted by Crippen LogP contribution is -2.32. The van der Waals surface area contributed by atoms with Crippen molar-refractivity contribution in [3.8, 4) is 11.1 Å². The van der Waals surface area contributed by atoms with Gasteiger partial charge in [0.05, 0.1) is 0 Å². The minimum absolute atomic E-state index is 0.0705. The van der Waals surface area contributed by atoms with Crippen LogP contribution in [-0.2, 0) is 4.79 Å². The number of alkyl halides is 1. The highest BCUT2D eigenvalue weighted by Gasteiger charge is 2.18. The molecule has 0 bridgehead atoms. The Hall–Kier alpha value is -1.51. The van der Waals surface area contributed by atoms with E-state index >= 15 is 0 Å². The summed E-state index contributed by atoms with van der Waals surface area (Å²) in [6.07, 6.45) is 0. The van der Waals surface area contributed by atoms with Crippen LogP contribution in [0.5, 0.6) is 0 Å². The Bertz CT molecular complexity index is 623. The lowest BCUT2D eigenvalue weighted by Gasteiger charge is -2.14. The van der Waals surface area contributed by atoms with Crippen LogP contribution in [0.1, 0.15) is 24.8 Å². The van der Waals surface area contributed by atoms with E-state index in [4.69, 9.17) is 23.2 Å². The van der Waals surface area contributed by atoms with Gasteiger partial charge in [0.2, 0.25) is 5.91 Å². The van der Waals surface area contributed by atoms with Gasteiger partial charge in [-0.2, -0.15) is 0 Å². The smallest absolute Gasteiger partial charge is 0.242 e. The van der Waals surface area contributed by atoms with Gasteiger partial charge < -0.3 is 5.32 Å². The third-order valence-electron chi connectivity index (χ3n) is 3.05. The van der Waals surface area contributed by atoms with E-state index in [-0.39, 0.29) is 11.9 Å². The van der Waals surface area contributed by atoms with Gasteiger partial charge in [0.15, 0.2) is 0 Å². The van der Waals surface area contributed by atoms with Crippen molar-refractivity contribution in [3.05, 3.63) is 59.1 Å². The Balaban J connectivity index is 2.19. The zero-order valence-electron chi connectivity index (χ0n) is 11.9. The van der Waals surface area contributed by atoms with Crippen molar-refractivity contribution in [1.29, 1.82) is 0 Å². The summed E-state index contributed by atoms with van der Waals surface area (Å²) >= 11 is 12.4. The lowest BCUT2D eigenvalue weighted by molar-refractivity contribution is -0.121. The van der Waals surface area contributed by atoms with Gasteiger partial charge in [-0.1, -0.05) is 54.1 Å². The van der Waals surface area contributed by atoms with E-state index < -0.39 is 5.38 Å². The molecule has 0 spiro atoms. The standard InChI is InChI=1S/C17H17Cl2NO/c1-11(2)20-17(21)16(19)13-9-7-12(8-10-13)14-5-3-4-6-15(14)18/h3-11,16H,1-2H3,(H,20,21). The average Bonchev–Trinajstić information content (AvgIpc) is 2.46. The van der Waals surface area contributed by atoms with Gasteiger partial charge in [-0.25, -0.2) is 0 Å². The molecule has 0 saturated carbocycles. The molecule has 1 unspecified atom stereocenters. The summed E-state index contributed by atoms with van der Waals surface area (Å²) in [5.41, 5.74) is 2.73. The van der Waals surface area contributed by atoms with Crippen LogP contribution in [0.15, 0.2) is 48.5 Å². The molecule has 0 aliphatic heterocycles. The summed E-state index contributed by atoms with van der Waals surface area (Å²) in [6, 6.07) is 15.3. The van der Waals surface area contributed by atoms with Crippen LogP contribution in [0.3, 0.4) is 0 Å². The molecule has 1 atom stereocenters. The number of rotatable bonds is 4. The minimum Gasteiger partial charge on any atom is -0.352 e. The number of hydrogen-bond donors (Lipinski definition) is 1. The number of nitrogens with one attached hydrogen (secondary N) is 1. The van der Waals surface area contributed by atoms with E-state index in [1.54, 1.807) is 0 Å². The quantitative estimate of drug-likeness (QED) is 0.804. The fourth-order valence-corrected chi connectivity index (χ4v) is 2.49. The number of benzene rings is 2. The number of halogens is 2. The number of amides is 1. The molecule has 4 heteroatoms. The molecule has 0 radical (unpaired) electrons. The number of carbonyl (C=O) groups is 1. The first-order chi connectivity index (χ1) is 9.99. The molecule has 0 aliphatic rings. The molecule has 2 nitrogen and oxygen atoms in total. The fraction of sp³-hybridized carbons (Fsp3) is 0.235. The van der Waals surface area contributed by atoms with Gasteiger partial charge >= 0.3 is 0 Å². The van der Waals surface area contributed by atoms with Crippen LogP contribution in [0.2, 0.25) is 5.02 Å². The summed E-state index contributed by atoms with van der Waals surface area (Å²) in [7, 11) is 0. The molecule has 110 valence electrons. The number of carbonyl (C=O) groups excluding carboxylic acids is 1. The van der Waals surface area contributed by atoms with Crippen molar-refractivity contribution in [2.24, 2.45) is 0 Å². The predicted molar refractivity (Wildman–Crippen MR) is 88.8 cm³/mol. The first kappa shape index (κ1) is 15.9. The molecule has 0 saturated heterocycles. The van der Waals surface area contributed by atoms with E-state index in [0.717, 1.165) is 16.7 Å². The molecule has 21 heavy (non-hydrogen) atoms. The second kappa shape index (κ2) is 6.97. The molecule has 2 rings (SSSR count). The molecule has 0 fully saturated rings. The monoisotopic (exact) mass is 321 g/mol. The van der Waals surface area contributed by atoms with E-state index in [9.17, 15) is 4.79 Å². The van der Waals surface area contributed by atoms with Crippen molar-refractivity contribution in [3.63, 3.8) is 0 Å². The third kappa shape index (κ3) is 3.99. The van der Waals surface area contributed by atoms with Crippen molar-refractivity contribution < 1.29 is 4.79 Å². The summed E-state index contributed by atoms with van der Waals surface area (Å²) in [4.78, 5) is 11.9. The van der Waals surface area contributed by atoms with E-state index in [1.165, 1.54) is 0 Å². The van der Waals surface area contributed by atoms with Crippen LogP contribution >= 0.6 is 23.2 Å². The summed E-state index contributed by atoms with van der Waals surface area (Å²) < 4.78 is 0. The van der Waals surface area contributed by atoms with Crippen LogP contribution in [0, 0.1) is 0 Å². The first-order valence-electron chi connectivity index (χ1n) is 6.78. The second-order valence-corrected chi connectivity index (χ2v) is 5.97. The maximum atomic E-state index is 11.9. The maximum absolute atomic E-state index is 11.9. The maximum Gasteiger partial charge on any atom is 0.242 e. The second-order valence-electron chi connectivity index (χ2n) is 5.13. The lowest BCUT2D eigenvalue weighted by atomic mass is 10.0. The molecule has 1 amide bonds. The average molecular weight is 322 g/mol. The van der Waals surface area contributed by atoms with Gasteiger partial charge in [0.1, 0.15) is 5.38 Å². The van der Waals surface area contributed by atoms with Crippen molar-refractivity contribution in [1.82, 2.24) is 5.32 Å². The van der Waals surface area contributed by atoms with Gasteiger partial charge in [-0.3, -0.25) is 4.79 Å². The van der Waals surface area contributed by atoms with Crippen LogP contribution < -0.4 is 5.32 Å². The molecular weight excluding hydrogens is 305 g/mol. The molecule has 0 heterocycles. The molecular formula is C17H17Cl2NO. The van der Waals surface area contributed by atoms with E-state index in [0.29, 0.717) is 5.02 Å². The van der Waals surface area contributed by atoms with Gasteiger partial charge in [0, 0.05) is 16.6 Å². The van der Waals surface area contributed by atoms with Crippen LogP contribution in [-0.4, -0.2) is 11.9 Å². The zero-order chi connectivity index (χ0) is 15.4. The Morgan fingerprint density at radius 1 is 1.05 bits per heavy atom. The number of hydrogen-bond acceptors (Lipinski definition) is 1. The highest BCUT2D eigenvalue weighted by Crippen LogP contribution is 2.29. The molecule has 2 aromatic carbocycles. The van der Waals surface area contributed by atoms with Crippen molar-refractivity contribution in [2.75, 3.05) is 0 Å². The topological polar surface area (TPSA) is 29.1 Å².